The number of benzene rings is 1. The van der Waals surface area contributed by atoms with Gasteiger partial charge >= 0.3 is 5.97 Å². The minimum Gasteiger partial charge on any atom is -0.507 e. The van der Waals surface area contributed by atoms with Gasteiger partial charge in [-0.3, -0.25) is 4.79 Å². The summed E-state index contributed by atoms with van der Waals surface area (Å²) in [5.41, 5.74) is -0.0122. The van der Waals surface area contributed by atoms with Crippen LogP contribution in [0.15, 0.2) is 18.2 Å². The summed E-state index contributed by atoms with van der Waals surface area (Å²) in [6.45, 7) is 3.96. The number of amides is 1. The molecule has 0 spiro atoms. The summed E-state index contributed by atoms with van der Waals surface area (Å²) in [6, 6.07) is 4.21. The lowest BCUT2D eigenvalue weighted by Crippen LogP contribution is -2.45. The zero-order chi connectivity index (χ0) is 17.0. The van der Waals surface area contributed by atoms with E-state index < -0.39 is 5.97 Å². The molecule has 1 aromatic rings. The molecule has 1 amide bonds. The van der Waals surface area contributed by atoms with Crippen LogP contribution in [0.5, 0.6) is 5.75 Å². The molecule has 0 aromatic heterocycles. The maximum atomic E-state index is 12.0. The molecule has 5 nitrogen and oxygen atoms in total. The van der Waals surface area contributed by atoms with Crippen LogP contribution in [0, 0.1) is 11.8 Å². The fourth-order valence-electron chi connectivity index (χ4n) is 2.92. The Hall–Kier alpha value is -1.75. The first-order valence-electron chi connectivity index (χ1n) is 7.83. The summed E-state index contributed by atoms with van der Waals surface area (Å²) in [4.78, 5) is 23.9. The van der Waals surface area contributed by atoms with E-state index in [1.165, 1.54) is 24.6 Å². The van der Waals surface area contributed by atoms with Gasteiger partial charge in [-0.25, -0.2) is 4.79 Å². The molecule has 1 aliphatic rings. The summed E-state index contributed by atoms with van der Waals surface area (Å²) in [6.07, 6.45) is 3.22. The van der Waals surface area contributed by atoms with Crippen LogP contribution in [0.1, 0.15) is 43.5 Å². The number of phenolic OH excluding ortho intramolecular Hbond substituents is 1. The summed E-state index contributed by atoms with van der Waals surface area (Å²) in [5.74, 6) is -0.360. The van der Waals surface area contributed by atoms with E-state index in [0.29, 0.717) is 16.9 Å². The number of rotatable bonds is 4. The molecule has 126 valence electrons. The second-order valence-corrected chi connectivity index (χ2v) is 6.62. The average molecular weight is 340 g/mol. The van der Waals surface area contributed by atoms with Crippen LogP contribution in [0.3, 0.4) is 0 Å². The molecule has 23 heavy (non-hydrogen) atoms. The molecule has 1 aromatic carbocycles. The van der Waals surface area contributed by atoms with Gasteiger partial charge in [0.05, 0.1) is 0 Å². The van der Waals surface area contributed by atoms with Gasteiger partial charge in [-0.15, -0.1) is 0 Å². The van der Waals surface area contributed by atoms with E-state index in [9.17, 15) is 14.7 Å². The van der Waals surface area contributed by atoms with Crippen molar-refractivity contribution in [2.45, 2.75) is 39.2 Å². The second-order valence-electron chi connectivity index (χ2n) is 6.18. The number of carbonyl (C=O) groups is 2. The van der Waals surface area contributed by atoms with Crippen LogP contribution in [0.4, 0.5) is 0 Å². The first-order chi connectivity index (χ1) is 10.9. The van der Waals surface area contributed by atoms with Crippen molar-refractivity contribution < 1.29 is 19.4 Å². The zero-order valence-corrected chi connectivity index (χ0v) is 14.1. The molecule has 0 bridgehead atoms. The van der Waals surface area contributed by atoms with Crippen molar-refractivity contribution in [1.29, 1.82) is 0 Å². The molecule has 1 fully saturated rings. The van der Waals surface area contributed by atoms with E-state index in [-0.39, 0.29) is 29.9 Å². The molecule has 6 heteroatoms. The van der Waals surface area contributed by atoms with Crippen LogP contribution >= 0.6 is 11.6 Å². The minimum atomic E-state index is -0.751. The third-order valence-corrected chi connectivity index (χ3v) is 4.80. The molecule has 2 N–H and O–H groups in total. The highest BCUT2D eigenvalue weighted by Crippen LogP contribution is 2.29. The lowest BCUT2D eigenvalue weighted by molar-refractivity contribution is -0.125. The predicted octanol–water partition coefficient (Wildman–Crippen LogP) is 3.14. The number of esters is 1. The molecule has 1 saturated carbocycles. The maximum Gasteiger partial charge on any atom is 0.342 e. The third kappa shape index (κ3) is 4.61. The molecule has 0 aliphatic heterocycles. The smallest absolute Gasteiger partial charge is 0.342 e. The van der Waals surface area contributed by atoms with Crippen molar-refractivity contribution in [3.05, 3.63) is 28.8 Å². The summed E-state index contributed by atoms with van der Waals surface area (Å²) in [7, 11) is 0. The number of phenols is 1. The highest BCUT2D eigenvalue weighted by Gasteiger charge is 2.28. The molecule has 1 aliphatic carbocycles. The van der Waals surface area contributed by atoms with Gasteiger partial charge in [0, 0.05) is 11.1 Å². The molecule has 0 heterocycles. The SMILES string of the molecule is C[C@@H]1[C@@H](C)CCC[C@H]1NC(=O)COC(=O)c1ccc(Cl)cc1O. The summed E-state index contributed by atoms with van der Waals surface area (Å²) < 4.78 is 4.96. The van der Waals surface area contributed by atoms with E-state index in [0.717, 1.165) is 12.8 Å². The van der Waals surface area contributed by atoms with Gasteiger partial charge in [0.25, 0.3) is 5.91 Å². The zero-order valence-electron chi connectivity index (χ0n) is 13.3. The van der Waals surface area contributed by atoms with E-state index in [4.69, 9.17) is 16.3 Å². The Bertz CT molecular complexity index is 590. The largest absolute Gasteiger partial charge is 0.507 e. The van der Waals surface area contributed by atoms with Crippen molar-refractivity contribution in [2.75, 3.05) is 6.61 Å². The van der Waals surface area contributed by atoms with Crippen LogP contribution < -0.4 is 5.32 Å². The first kappa shape index (κ1) is 17.6. The lowest BCUT2D eigenvalue weighted by atomic mass is 9.78. The standard InChI is InChI=1S/C17H22ClNO4/c1-10-4-3-5-14(11(10)2)19-16(21)9-23-17(22)13-7-6-12(18)8-15(13)20/h6-8,10-11,14,20H,3-5,9H2,1-2H3,(H,19,21)/t10-,11+,14+/m0/s1. The van der Waals surface area contributed by atoms with Gasteiger partial charge in [0.15, 0.2) is 6.61 Å². The van der Waals surface area contributed by atoms with Crippen molar-refractivity contribution in [3.63, 3.8) is 0 Å². The van der Waals surface area contributed by atoms with Crippen LogP contribution in [-0.2, 0) is 9.53 Å². The number of halogens is 1. The van der Waals surface area contributed by atoms with Crippen LogP contribution in [-0.4, -0.2) is 29.6 Å². The minimum absolute atomic E-state index is 0.0122. The van der Waals surface area contributed by atoms with Gasteiger partial charge in [-0.05, 0) is 36.5 Å². The topological polar surface area (TPSA) is 75.6 Å². The van der Waals surface area contributed by atoms with Crippen molar-refractivity contribution >= 4 is 23.5 Å². The second kappa shape index (κ2) is 7.68. The predicted molar refractivity (Wildman–Crippen MR) is 87.5 cm³/mol. The number of nitrogens with one attached hydrogen (secondary N) is 1. The summed E-state index contributed by atoms with van der Waals surface area (Å²) in [5, 5.41) is 12.9. The maximum absolute atomic E-state index is 12.0. The molecular weight excluding hydrogens is 318 g/mol. The Balaban J connectivity index is 1.85. The number of hydrogen-bond acceptors (Lipinski definition) is 4. The third-order valence-electron chi connectivity index (χ3n) is 4.57. The fourth-order valence-corrected chi connectivity index (χ4v) is 3.09. The summed E-state index contributed by atoms with van der Waals surface area (Å²) >= 11 is 5.71. The molecular formula is C17H22ClNO4. The number of aromatic hydroxyl groups is 1. The molecule has 3 atom stereocenters. The first-order valence-corrected chi connectivity index (χ1v) is 8.21. The van der Waals surface area contributed by atoms with E-state index in [2.05, 4.69) is 19.2 Å². The Kier molecular flexibility index (Phi) is 5.88. The fraction of sp³-hybridized carbons (Fsp3) is 0.529. The van der Waals surface area contributed by atoms with Gasteiger partial charge in [0.1, 0.15) is 11.3 Å². The van der Waals surface area contributed by atoms with Gasteiger partial charge in [-0.1, -0.05) is 38.3 Å². The van der Waals surface area contributed by atoms with Crippen molar-refractivity contribution in [3.8, 4) is 5.75 Å². The van der Waals surface area contributed by atoms with E-state index in [1.807, 2.05) is 0 Å². The van der Waals surface area contributed by atoms with E-state index in [1.54, 1.807) is 0 Å². The quantitative estimate of drug-likeness (QED) is 0.826. The number of hydrogen-bond donors (Lipinski definition) is 2. The number of ether oxygens (including phenoxy) is 1. The molecule has 2 rings (SSSR count). The van der Waals surface area contributed by atoms with Crippen LogP contribution in [0.2, 0.25) is 5.02 Å². The normalized spacial score (nSPS) is 24.0. The van der Waals surface area contributed by atoms with Crippen molar-refractivity contribution in [2.24, 2.45) is 11.8 Å². The Labute approximate surface area is 141 Å². The highest BCUT2D eigenvalue weighted by atomic mass is 35.5. The monoisotopic (exact) mass is 339 g/mol. The van der Waals surface area contributed by atoms with E-state index >= 15 is 0 Å². The molecule has 0 radical (unpaired) electrons. The molecule has 0 unspecified atom stereocenters. The van der Waals surface area contributed by atoms with Gasteiger partial charge in [0.2, 0.25) is 0 Å². The van der Waals surface area contributed by atoms with Crippen LogP contribution in [0.25, 0.3) is 0 Å². The Morgan fingerprint density at radius 1 is 1.35 bits per heavy atom. The number of carbonyl (C=O) groups excluding carboxylic acids is 2. The Morgan fingerprint density at radius 2 is 2.09 bits per heavy atom. The molecule has 0 saturated heterocycles. The lowest BCUT2D eigenvalue weighted by Gasteiger charge is -2.34. The highest BCUT2D eigenvalue weighted by molar-refractivity contribution is 6.30. The van der Waals surface area contributed by atoms with Gasteiger partial charge in [-0.2, -0.15) is 0 Å². The average Bonchev–Trinajstić information content (AvgIpc) is 2.49. The Morgan fingerprint density at radius 3 is 2.78 bits per heavy atom. The van der Waals surface area contributed by atoms with Crippen molar-refractivity contribution in [1.82, 2.24) is 5.32 Å². The van der Waals surface area contributed by atoms with Gasteiger partial charge < -0.3 is 15.2 Å².